The molecule has 0 aromatic carbocycles. The smallest absolute Gasteiger partial charge is 0.254 e. The highest BCUT2D eigenvalue weighted by atomic mass is 16.1. The van der Waals surface area contributed by atoms with Gasteiger partial charge in [0.2, 0.25) is 0 Å². The molecule has 26 heavy (non-hydrogen) atoms. The molecule has 1 amide bonds. The van der Waals surface area contributed by atoms with Crippen molar-refractivity contribution in [2.45, 2.75) is 34.2 Å². The molecule has 0 spiro atoms. The van der Waals surface area contributed by atoms with Gasteiger partial charge in [-0.2, -0.15) is 10.2 Å². The predicted octanol–water partition coefficient (Wildman–Crippen LogP) is 2.46. The zero-order chi connectivity index (χ0) is 18.7. The summed E-state index contributed by atoms with van der Waals surface area (Å²) in [6.07, 6.45) is 3.29. The van der Waals surface area contributed by atoms with E-state index in [9.17, 15) is 4.79 Å². The Morgan fingerprint density at radius 3 is 2.73 bits per heavy atom. The minimum Gasteiger partial charge on any atom is -0.352 e. The van der Waals surface area contributed by atoms with Crippen molar-refractivity contribution in [3.63, 3.8) is 0 Å². The highest BCUT2D eigenvalue weighted by molar-refractivity contribution is 5.95. The van der Waals surface area contributed by atoms with E-state index < -0.39 is 0 Å². The maximum Gasteiger partial charge on any atom is 0.254 e. The molecule has 3 heterocycles. The van der Waals surface area contributed by atoms with Crippen LogP contribution in [-0.4, -0.2) is 37.0 Å². The Bertz CT molecular complexity index is 896. The van der Waals surface area contributed by atoms with E-state index in [0.29, 0.717) is 17.9 Å². The molecule has 0 radical (unpaired) electrons. The van der Waals surface area contributed by atoms with E-state index in [1.165, 1.54) is 0 Å². The first-order valence-electron chi connectivity index (χ1n) is 8.71. The summed E-state index contributed by atoms with van der Waals surface area (Å²) in [5.41, 5.74) is 3.48. The Kier molecular flexibility index (Phi) is 5.16. The quantitative estimate of drug-likeness (QED) is 0.739. The molecular weight excluding hydrogens is 328 g/mol. The number of aryl methyl sites for hydroxylation is 2. The lowest BCUT2D eigenvalue weighted by molar-refractivity contribution is 0.0946. The largest absolute Gasteiger partial charge is 0.352 e. The summed E-state index contributed by atoms with van der Waals surface area (Å²) in [6, 6.07) is 7.66. The molecule has 136 valence electrons. The van der Waals surface area contributed by atoms with E-state index in [1.807, 2.05) is 43.7 Å². The van der Waals surface area contributed by atoms with Gasteiger partial charge >= 0.3 is 0 Å². The minimum absolute atomic E-state index is 0.120. The summed E-state index contributed by atoms with van der Waals surface area (Å²) < 4.78 is 3.66. The van der Waals surface area contributed by atoms with Crippen molar-refractivity contribution >= 4 is 5.91 Å². The van der Waals surface area contributed by atoms with Crippen molar-refractivity contribution in [2.75, 3.05) is 6.54 Å². The van der Waals surface area contributed by atoms with Crippen LogP contribution in [0.2, 0.25) is 0 Å². The van der Waals surface area contributed by atoms with E-state index in [2.05, 4.69) is 33.5 Å². The fraction of sp³-hybridized carbons (Fsp3) is 0.368. The van der Waals surface area contributed by atoms with Gasteiger partial charge in [-0.25, -0.2) is 9.67 Å². The molecule has 0 saturated carbocycles. The van der Waals surface area contributed by atoms with Crippen molar-refractivity contribution in [2.24, 2.45) is 5.92 Å². The van der Waals surface area contributed by atoms with Crippen LogP contribution in [0.4, 0.5) is 0 Å². The van der Waals surface area contributed by atoms with Gasteiger partial charge in [-0.3, -0.25) is 9.48 Å². The zero-order valence-corrected chi connectivity index (χ0v) is 15.6. The second kappa shape index (κ2) is 7.51. The summed E-state index contributed by atoms with van der Waals surface area (Å²) >= 11 is 0. The molecule has 0 aliphatic rings. The molecule has 1 atom stereocenters. The van der Waals surface area contributed by atoms with E-state index in [0.717, 1.165) is 23.6 Å². The van der Waals surface area contributed by atoms with Gasteiger partial charge in [-0.1, -0.05) is 13.0 Å². The molecule has 1 unspecified atom stereocenters. The first-order chi connectivity index (χ1) is 12.5. The Morgan fingerprint density at radius 2 is 2.08 bits per heavy atom. The van der Waals surface area contributed by atoms with Crippen LogP contribution in [0.1, 0.15) is 34.4 Å². The predicted molar refractivity (Wildman–Crippen MR) is 99.3 cm³/mol. The Balaban J connectivity index is 1.62. The first kappa shape index (κ1) is 17.8. The first-order valence-corrected chi connectivity index (χ1v) is 8.71. The summed E-state index contributed by atoms with van der Waals surface area (Å²) in [5, 5.41) is 11.8. The monoisotopic (exact) mass is 352 g/mol. The van der Waals surface area contributed by atoms with E-state index in [-0.39, 0.29) is 11.8 Å². The van der Waals surface area contributed by atoms with Crippen molar-refractivity contribution in [1.29, 1.82) is 0 Å². The molecule has 1 N–H and O–H groups in total. The number of aromatic nitrogens is 5. The fourth-order valence-electron chi connectivity index (χ4n) is 2.92. The van der Waals surface area contributed by atoms with Crippen LogP contribution in [0.5, 0.6) is 0 Å². The normalized spacial score (nSPS) is 12.2. The van der Waals surface area contributed by atoms with E-state index in [4.69, 9.17) is 0 Å². The molecule has 7 nitrogen and oxygen atoms in total. The van der Waals surface area contributed by atoms with Gasteiger partial charge in [0.25, 0.3) is 5.91 Å². The molecule has 7 heteroatoms. The molecule has 3 aromatic heterocycles. The third-order valence-electron chi connectivity index (χ3n) is 4.32. The maximum atomic E-state index is 12.5. The van der Waals surface area contributed by atoms with E-state index in [1.54, 1.807) is 17.1 Å². The van der Waals surface area contributed by atoms with Gasteiger partial charge in [0.05, 0.1) is 23.1 Å². The summed E-state index contributed by atoms with van der Waals surface area (Å²) in [6.45, 7) is 9.34. The van der Waals surface area contributed by atoms with Gasteiger partial charge in [-0.05, 0) is 44.9 Å². The molecule has 3 rings (SSSR count). The summed E-state index contributed by atoms with van der Waals surface area (Å²) in [7, 11) is 0. The number of pyridine rings is 1. The van der Waals surface area contributed by atoms with Gasteiger partial charge in [0.15, 0.2) is 5.82 Å². The number of hydrogen-bond donors (Lipinski definition) is 1. The van der Waals surface area contributed by atoms with Gasteiger partial charge in [-0.15, -0.1) is 0 Å². The van der Waals surface area contributed by atoms with Crippen molar-refractivity contribution in [1.82, 2.24) is 29.9 Å². The van der Waals surface area contributed by atoms with Crippen LogP contribution in [0.15, 0.2) is 36.7 Å². The van der Waals surface area contributed by atoms with Crippen LogP contribution < -0.4 is 5.32 Å². The SMILES string of the molecule is Cc1cc(C)n(CC(C)CNC(=O)c2cnn(-c3ccccn3)c2C)n1. The number of amides is 1. The Hall–Kier alpha value is -2.96. The Morgan fingerprint density at radius 1 is 1.27 bits per heavy atom. The van der Waals surface area contributed by atoms with Gasteiger partial charge in [0, 0.05) is 25.0 Å². The minimum atomic E-state index is -0.120. The molecular formula is C19H24N6O. The van der Waals surface area contributed by atoms with Crippen molar-refractivity contribution < 1.29 is 4.79 Å². The van der Waals surface area contributed by atoms with E-state index >= 15 is 0 Å². The van der Waals surface area contributed by atoms with Crippen LogP contribution in [0, 0.1) is 26.7 Å². The molecule has 0 saturated heterocycles. The second-order valence-corrected chi connectivity index (χ2v) is 6.67. The number of nitrogens with one attached hydrogen (secondary N) is 1. The fourth-order valence-corrected chi connectivity index (χ4v) is 2.92. The second-order valence-electron chi connectivity index (χ2n) is 6.67. The lowest BCUT2D eigenvalue weighted by Gasteiger charge is -2.14. The summed E-state index contributed by atoms with van der Waals surface area (Å²) in [4.78, 5) is 16.8. The number of carbonyl (C=O) groups is 1. The van der Waals surface area contributed by atoms with Crippen LogP contribution >= 0.6 is 0 Å². The zero-order valence-electron chi connectivity index (χ0n) is 15.6. The third-order valence-corrected chi connectivity index (χ3v) is 4.32. The van der Waals surface area contributed by atoms with Crippen LogP contribution in [-0.2, 0) is 6.54 Å². The number of carbonyl (C=O) groups excluding carboxylic acids is 1. The number of hydrogen-bond acceptors (Lipinski definition) is 4. The third kappa shape index (κ3) is 3.82. The highest BCUT2D eigenvalue weighted by Crippen LogP contribution is 2.12. The topological polar surface area (TPSA) is 77.6 Å². The highest BCUT2D eigenvalue weighted by Gasteiger charge is 2.16. The van der Waals surface area contributed by atoms with Gasteiger partial charge in [0.1, 0.15) is 0 Å². The molecule has 0 aliphatic heterocycles. The molecule has 0 bridgehead atoms. The number of rotatable bonds is 6. The van der Waals surface area contributed by atoms with Crippen LogP contribution in [0.25, 0.3) is 5.82 Å². The van der Waals surface area contributed by atoms with Gasteiger partial charge < -0.3 is 5.32 Å². The van der Waals surface area contributed by atoms with Crippen molar-refractivity contribution in [3.8, 4) is 5.82 Å². The number of nitrogens with zero attached hydrogens (tertiary/aromatic N) is 5. The Labute approximate surface area is 153 Å². The lowest BCUT2D eigenvalue weighted by Crippen LogP contribution is -2.30. The lowest BCUT2D eigenvalue weighted by atomic mass is 10.1. The van der Waals surface area contributed by atoms with Crippen LogP contribution in [0.3, 0.4) is 0 Å². The van der Waals surface area contributed by atoms with Crippen molar-refractivity contribution in [3.05, 3.63) is 59.3 Å². The summed E-state index contributed by atoms with van der Waals surface area (Å²) in [5.74, 6) is 0.843. The molecule has 0 fully saturated rings. The maximum absolute atomic E-state index is 12.5. The molecule has 3 aromatic rings. The average Bonchev–Trinajstić information content (AvgIpc) is 3.15. The average molecular weight is 352 g/mol. The molecule has 0 aliphatic carbocycles. The standard InChI is InChI=1S/C19H24N6O/c1-13(12-24-15(3)9-14(2)23-24)10-21-19(26)17-11-22-25(16(17)4)18-7-5-6-8-20-18/h5-9,11,13H,10,12H2,1-4H3,(H,21,26).